The second kappa shape index (κ2) is 6.78. The summed E-state index contributed by atoms with van der Waals surface area (Å²) in [5.41, 5.74) is 8.76. The van der Waals surface area contributed by atoms with Gasteiger partial charge in [-0.05, 0) is 56.5 Å². The van der Waals surface area contributed by atoms with Gasteiger partial charge in [0.15, 0.2) is 0 Å². The number of hydrogen-bond acceptors (Lipinski definition) is 3. The Kier molecular flexibility index (Phi) is 4.99. The molecule has 0 saturated carbocycles. The van der Waals surface area contributed by atoms with Crippen LogP contribution in [0.25, 0.3) is 0 Å². The van der Waals surface area contributed by atoms with E-state index in [2.05, 4.69) is 50.9 Å². The zero-order valence-electron chi connectivity index (χ0n) is 12.9. The van der Waals surface area contributed by atoms with Gasteiger partial charge in [-0.15, -0.1) is 0 Å². The van der Waals surface area contributed by atoms with Gasteiger partial charge in [0.1, 0.15) is 0 Å². The SMILES string of the molecule is Cc1cc(C(CN)N2CCC(N3CCCC3)C2)ccc1Br. The minimum atomic E-state index is 0.365. The molecule has 0 amide bonds. The Hall–Kier alpha value is -0.420. The van der Waals surface area contributed by atoms with Gasteiger partial charge in [0.25, 0.3) is 0 Å². The van der Waals surface area contributed by atoms with E-state index in [1.807, 2.05) is 0 Å². The molecule has 2 heterocycles. The summed E-state index contributed by atoms with van der Waals surface area (Å²) in [6.07, 6.45) is 4.05. The molecule has 2 unspecified atom stereocenters. The first-order chi connectivity index (χ1) is 10.2. The van der Waals surface area contributed by atoms with Crippen molar-refractivity contribution >= 4 is 15.9 Å². The van der Waals surface area contributed by atoms with Crippen LogP contribution in [0, 0.1) is 6.92 Å². The van der Waals surface area contributed by atoms with Crippen LogP contribution in [0.3, 0.4) is 0 Å². The van der Waals surface area contributed by atoms with Crippen LogP contribution in [0.15, 0.2) is 22.7 Å². The van der Waals surface area contributed by atoms with Gasteiger partial charge < -0.3 is 5.73 Å². The fraction of sp³-hybridized carbons (Fsp3) is 0.647. The lowest BCUT2D eigenvalue weighted by Gasteiger charge is -2.29. The number of halogens is 1. The van der Waals surface area contributed by atoms with Crippen LogP contribution in [0.2, 0.25) is 0 Å². The molecule has 4 heteroatoms. The number of benzene rings is 1. The molecule has 1 aromatic carbocycles. The normalized spacial score (nSPS) is 25.6. The van der Waals surface area contributed by atoms with Crippen LogP contribution < -0.4 is 5.73 Å². The molecule has 2 N–H and O–H groups in total. The first kappa shape index (κ1) is 15.5. The number of nitrogens with zero attached hydrogens (tertiary/aromatic N) is 2. The maximum Gasteiger partial charge on any atom is 0.0471 e. The standard InChI is InChI=1S/C17H26BrN3/c1-13-10-14(4-5-16(13)18)17(11-19)21-9-6-15(12-21)20-7-2-3-8-20/h4-5,10,15,17H,2-3,6-9,11-12,19H2,1H3. The third kappa shape index (κ3) is 3.34. The molecule has 2 fully saturated rings. The molecule has 0 bridgehead atoms. The van der Waals surface area contributed by atoms with Gasteiger partial charge in [0.05, 0.1) is 0 Å². The van der Waals surface area contributed by atoms with Gasteiger partial charge in [-0.25, -0.2) is 0 Å². The average Bonchev–Trinajstić information content (AvgIpc) is 3.14. The Morgan fingerprint density at radius 2 is 2.05 bits per heavy atom. The lowest BCUT2D eigenvalue weighted by atomic mass is 10.0. The second-order valence-corrected chi connectivity index (χ2v) is 7.29. The lowest BCUT2D eigenvalue weighted by Crippen LogP contribution is -2.38. The predicted octanol–water partition coefficient (Wildman–Crippen LogP) is 2.93. The van der Waals surface area contributed by atoms with E-state index in [1.54, 1.807) is 0 Å². The molecule has 0 spiro atoms. The largest absolute Gasteiger partial charge is 0.329 e. The van der Waals surface area contributed by atoms with E-state index >= 15 is 0 Å². The number of hydrogen-bond donors (Lipinski definition) is 1. The van der Waals surface area contributed by atoms with Crippen molar-refractivity contribution in [1.29, 1.82) is 0 Å². The first-order valence-corrected chi connectivity index (χ1v) is 8.92. The molecular weight excluding hydrogens is 326 g/mol. The molecule has 2 aliphatic rings. The van der Waals surface area contributed by atoms with Crippen molar-refractivity contribution < 1.29 is 0 Å². The van der Waals surface area contributed by atoms with Crippen molar-refractivity contribution in [3.63, 3.8) is 0 Å². The summed E-state index contributed by atoms with van der Waals surface area (Å²) in [5.74, 6) is 0. The van der Waals surface area contributed by atoms with Gasteiger partial charge >= 0.3 is 0 Å². The molecule has 21 heavy (non-hydrogen) atoms. The predicted molar refractivity (Wildman–Crippen MR) is 91.5 cm³/mol. The zero-order valence-corrected chi connectivity index (χ0v) is 14.5. The van der Waals surface area contributed by atoms with Gasteiger partial charge in [0.2, 0.25) is 0 Å². The highest BCUT2D eigenvalue weighted by Gasteiger charge is 2.32. The first-order valence-electron chi connectivity index (χ1n) is 8.13. The topological polar surface area (TPSA) is 32.5 Å². The summed E-state index contributed by atoms with van der Waals surface area (Å²) in [6.45, 7) is 7.80. The molecule has 2 atom stereocenters. The smallest absolute Gasteiger partial charge is 0.0471 e. The van der Waals surface area contributed by atoms with E-state index in [0.717, 1.165) is 6.04 Å². The van der Waals surface area contributed by atoms with E-state index in [9.17, 15) is 0 Å². The van der Waals surface area contributed by atoms with Gasteiger partial charge in [0, 0.05) is 36.2 Å². The highest BCUT2D eigenvalue weighted by Crippen LogP contribution is 2.29. The van der Waals surface area contributed by atoms with Gasteiger partial charge in [-0.3, -0.25) is 9.80 Å². The van der Waals surface area contributed by atoms with Crippen molar-refractivity contribution in [2.75, 3.05) is 32.7 Å². The van der Waals surface area contributed by atoms with E-state index in [4.69, 9.17) is 5.73 Å². The summed E-state index contributed by atoms with van der Waals surface area (Å²) < 4.78 is 1.18. The Balaban J connectivity index is 1.70. The van der Waals surface area contributed by atoms with E-state index in [1.165, 1.54) is 61.0 Å². The zero-order chi connectivity index (χ0) is 14.8. The molecule has 1 aromatic rings. The Morgan fingerprint density at radius 1 is 1.29 bits per heavy atom. The highest BCUT2D eigenvalue weighted by molar-refractivity contribution is 9.10. The molecular formula is C17H26BrN3. The lowest BCUT2D eigenvalue weighted by molar-refractivity contribution is 0.203. The quantitative estimate of drug-likeness (QED) is 0.904. The summed E-state index contributed by atoms with van der Waals surface area (Å²) >= 11 is 3.59. The van der Waals surface area contributed by atoms with Crippen LogP contribution in [-0.2, 0) is 0 Å². The monoisotopic (exact) mass is 351 g/mol. The summed E-state index contributed by atoms with van der Waals surface area (Å²) in [4.78, 5) is 5.27. The van der Waals surface area contributed by atoms with Crippen molar-refractivity contribution in [2.45, 2.75) is 38.3 Å². The number of nitrogens with two attached hydrogens (primary N) is 1. The molecule has 3 rings (SSSR count). The van der Waals surface area contributed by atoms with E-state index in [-0.39, 0.29) is 0 Å². The Labute approximate surface area is 136 Å². The minimum absolute atomic E-state index is 0.365. The molecule has 2 aliphatic heterocycles. The van der Waals surface area contributed by atoms with E-state index < -0.39 is 0 Å². The van der Waals surface area contributed by atoms with Crippen molar-refractivity contribution in [3.05, 3.63) is 33.8 Å². The summed E-state index contributed by atoms with van der Waals surface area (Å²) in [5, 5.41) is 0. The number of likely N-dealkylation sites (tertiary alicyclic amines) is 2. The fourth-order valence-corrected chi connectivity index (χ4v) is 4.07. The number of aryl methyl sites for hydroxylation is 1. The van der Waals surface area contributed by atoms with Crippen LogP contribution in [0.5, 0.6) is 0 Å². The van der Waals surface area contributed by atoms with Crippen LogP contribution in [0.4, 0.5) is 0 Å². The molecule has 0 radical (unpaired) electrons. The summed E-state index contributed by atoms with van der Waals surface area (Å²) in [7, 11) is 0. The summed E-state index contributed by atoms with van der Waals surface area (Å²) in [6, 6.07) is 7.77. The molecule has 0 aliphatic carbocycles. The maximum atomic E-state index is 6.10. The minimum Gasteiger partial charge on any atom is -0.329 e. The number of rotatable bonds is 4. The van der Waals surface area contributed by atoms with Crippen molar-refractivity contribution in [1.82, 2.24) is 9.80 Å². The fourth-order valence-electron chi connectivity index (χ4n) is 3.83. The van der Waals surface area contributed by atoms with Crippen LogP contribution >= 0.6 is 15.9 Å². The third-order valence-corrected chi connectivity index (χ3v) is 5.97. The Morgan fingerprint density at radius 3 is 2.71 bits per heavy atom. The van der Waals surface area contributed by atoms with Crippen molar-refractivity contribution in [2.24, 2.45) is 5.73 Å². The Bertz CT molecular complexity index is 485. The van der Waals surface area contributed by atoms with Crippen LogP contribution in [-0.4, -0.2) is 48.6 Å². The average molecular weight is 352 g/mol. The maximum absolute atomic E-state index is 6.10. The highest BCUT2D eigenvalue weighted by atomic mass is 79.9. The van der Waals surface area contributed by atoms with Crippen molar-refractivity contribution in [3.8, 4) is 0 Å². The van der Waals surface area contributed by atoms with Gasteiger partial charge in [-0.1, -0.05) is 28.1 Å². The third-order valence-electron chi connectivity index (χ3n) is 5.08. The molecule has 0 aromatic heterocycles. The second-order valence-electron chi connectivity index (χ2n) is 6.44. The van der Waals surface area contributed by atoms with E-state index in [0.29, 0.717) is 12.6 Å². The van der Waals surface area contributed by atoms with Crippen LogP contribution in [0.1, 0.15) is 36.4 Å². The molecule has 3 nitrogen and oxygen atoms in total. The molecule has 2 saturated heterocycles. The van der Waals surface area contributed by atoms with Gasteiger partial charge in [-0.2, -0.15) is 0 Å². The molecule has 116 valence electrons.